The van der Waals surface area contributed by atoms with Crippen LogP contribution in [0, 0.1) is 0 Å². The summed E-state index contributed by atoms with van der Waals surface area (Å²) in [6, 6.07) is 11.8. The minimum absolute atomic E-state index is 0.187. The van der Waals surface area contributed by atoms with E-state index in [1.54, 1.807) is 24.3 Å². The minimum atomic E-state index is -0.890. The Hall–Kier alpha value is -3.30. The zero-order chi connectivity index (χ0) is 22.8. The lowest BCUT2D eigenvalue weighted by Crippen LogP contribution is -2.52. The van der Waals surface area contributed by atoms with E-state index in [4.69, 9.17) is 35.7 Å². The second kappa shape index (κ2) is 11.8. The zero-order valence-corrected chi connectivity index (χ0v) is 17.7. The van der Waals surface area contributed by atoms with Gasteiger partial charge in [-0.25, -0.2) is 0 Å². The van der Waals surface area contributed by atoms with Crippen LogP contribution >= 0.6 is 11.6 Å². The fourth-order valence-corrected chi connectivity index (χ4v) is 3.21. The van der Waals surface area contributed by atoms with Gasteiger partial charge < -0.3 is 30.0 Å². The Bertz CT molecular complexity index is 922. The van der Waals surface area contributed by atoms with Crippen LogP contribution in [-0.4, -0.2) is 50.3 Å². The molecule has 1 aliphatic heterocycles. The average molecular weight is 451 g/mol. The number of amides is 2. The maximum absolute atomic E-state index is 12.8. The standard InChI is InChI=1S/C20H21ClN2O5.CH2O2/c1-26-15-8-7-12(9-16(15)27-2)18-19(28-11-17(24)23-18)20(25)22-10-13-5-3-4-6-14(13)21;2-1-3/h3-9,18-19H,10-11H2,1-2H3,(H,22,25)(H,23,24);1H,(H,2,3)/t18-,19+;/m1./s1. The van der Waals surface area contributed by atoms with Gasteiger partial charge in [-0.05, 0) is 29.3 Å². The van der Waals surface area contributed by atoms with E-state index in [-0.39, 0.29) is 31.4 Å². The summed E-state index contributed by atoms with van der Waals surface area (Å²) in [5.74, 6) is 0.402. The van der Waals surface area contributed by atoms with Crippen molar-refractivity contribution < 1.29 is 33.7 Å². The first-order valence-corrected chi connectivity index (χ1v) is 9.54. The van der Waals surface area contributed by atoms with Gasteiger partial charge in [-0.2, -0.15) is 0 Å². The maximum Gasteiger partial charge on any atom is 0.290 e. The van der Waals surface area contributed by atoms with Crippen molar-refractivity contribution in [3.05, 3.63) is 58.6 Å². The second-order valence-electron chi connectivity index (χ2n) is 6.31. The van der Waals surface area contributed by atoms with E-state index in [0.717, 1.165) is 5.56 Å². The number of carbonyl (C=O) groups is 3. The number of morpholine rings is 1. The van der Waals surface area contributed by atoms with Crippen LogP contribution in [0.4, 0.5) is 0 Å². The van der Waals surface area contributed by atoms with Crippen LogP contribution in [0.2, 0.25) is 5.02 Å². The van der Waals surface area contributed by atoms with Gasteiger partial charge in [0.1, 0.15) is 6.61 Å². The van der Waals surface area contributed by atoms with Gasteiger partial charge >= 0.3 is 0 Å². The van der Waals surface area contributed by atoms with E-state index in [0.29, 0.717) is 22.1 Å². The molecule has 2 atom stereocenters. The third-order valence-corrected chi connectivity index (χ3v) is 4.82. The molecular formula is C21H23ClN2O7. The minimum Gasteiger partial charge on any atom is -0.493 e. The van der Waals surface area contributed by atoms with E-state index in [9.17, 15) is 9.59 Å². The largest absolute Gasteiger partial charge is 0.493 e. The van der Waals surface area contributed by atoms with E-state index in [2.05, 4.69) is 10.6 Å². The smallest absolute Gasteiger partial charge is 0.290 e. The van der Waals surface area contributed by atoms with Gasteiger partial charge in [0.2, 0.25) is 5.91 Å². The van der Waals surface area contributed by atoms with Gasteiger partial charge in [0.15, 0.2) is 17.6 Å². The lowest BCUT2D eigenvalue weighted by Gasteiger charge is -2.32. The molecule has 2 amide bonds. The molecule has 3 N–H and O–H groups in total. The third-order valence-electron chi connectivity index (χ3n) is 4.45. The number of hydrogen-bond donors (Lipinski definition) is 3. The number of methoxy groups -OCH3 is 2. The number of carbonyl (C=O) groups excluding carboxylic acids is 2. The van der Waals surface area contributed by atoms with Crippen LogP contribution in [0.1, 0.15) is 17.2 Å². The van der Waals surface area contributed by atoms with Crippen LogP contribution in [-0.2, 0) is 25.7 Å². The van der Waals surface area contributed by atoms with Gasteiger partial charge in [-0.15, -0.1) is 0 Å². The molecule has 1 heterocycles. The number of rotatable bonds is 6. The molecule has 166 valence electrons. The molecule has 1 saturated heterocycles. The van der Waals surface area contributed by atoms with Gasteiger partial charge in [0.25, 0.3) is 12.4 Å². The van der Waals surface area contributed by atoms with Crippen molar-refractivity contribution in [2.75, 3.05) is 20.8 Å². The molecule has 1 aliphatic rings. The third kappa shape index (κ3) is 6.34. The molecule has 0 unspecified atom stereocenters. The summed E-state index contributed by atoms with van der Waals surface area (Å²) in [7, 11) is 3.05. The van der Waals surface area contributed by atoms with Crippen molar-refractivity contribution in [2.45, 2.75) is 18.7 Å². The highest BCUT2D eigenvalue weighted by Gasteiger charge is 2.36. The van der Waals surface area contributed by atoms with Crippen molar-refractivity contribution in [1.29, 1.82) is 0 Å². The molecule has 31 heavy (non-hydrogen) atoms. The van der Waals surface area contributed by atoms with E-state index < -0.39 is 12.1 Å². The quantitative estimate of drug-likeness (QED) is 0.574. The van der Waals surface area contributed by atoms with Crippen molar-refractivity contribution in [3.63, 3.8) is 0 Å². The topological polar surface area (TPSA) is 123 Å². The molecule has 0 bridgehead atoms. The molecule has 0 aromatic heterocycles. The summed E-state index contributed by atoms with van der Waals surface area (Å²) in [6.45, 7) is -0.182. The number of nitrogens with one attached hydrogen (secondary N) is 2. The van der Waals surface area contributed by atoms with Crippen LogP contribution in [0.3, 0.4) is 0 Å². The Balaban J connectivity index is 0.00000107. The molecule has 1 fully saturated rings. The van der Waals surface area contributed by atoms with Gasteiger partial charge in [-0.1, -0.05) is 35.9 Å². The highest BCUT2D eigenvalue weighted by molar-refractivity contribution is 6.31. The molecule has 2 aromatic rings. The van der Waals surface area contributed by atoms with Gasteiger partial charge in [0, 0.05) is 11.6 Å². The molecular weight excluding hydrogens is 428 g/mol. The van der Waals surface area contributed by atoms with E-state index >= 15 is 0 Å². The summed E-state index contributed by atoms with van der Waals surface area (Å²) in [5.41, 5.74) is 1.46. The first kappa shape index (κ1) is 24.0. The monoisotopic (exact) mass is 450 g/mol. The van der Waals surface area contributed by atoms with Crippen LogP contribution in [0.15, 0.2) is 42.5 Å². The molecule has 0 saturated carbocycles. The Kier molecular flexibility index (Phi) is 9.11. The Morgan fingerprint density at radius 2 is 1.94 bits per heavy atom. The molecule has 10 heteroatoms. The maximum atomic E-state index is 12.8. The Labute approximate surface area is 184 Å². The predicted molar refractivity (Wildman–Crippen MR) is 112 cm³/mol. The van der Waals surface area contributed by atoms with Crippen molar-refractivity contribution in [2.24, 2.45) is 0 Å². The summed E-state index contributed by atoms with van der Waals surface area (Å²) in [5, 5.41) is 13.1. The highest BCUT2D eigenvalue weighted by Crippen LogP contribution is 2.32. The Morgan fingerprint density at radius 1 is 1.26 bits per heavy atom. The number of hydrogen-bond acceptors (Lipinski definition) is 6. The Morgan fingerprint density at radius 3 is 2.58 bits per heavy atom. The molecule has 0 aliphatic carbocycles. The normalized spacial score (nSPS) is 17.5. The van der Waals surface area contributed by atoms with Gasteiger partial charge in [0.05, 0.1) is 20.3 Å². The zero-order valence-electron chi connectivity index (χ0n) is 17.0. The fourth-order valence-electron chi connectivity index (χ4n) is 3.01. The number of ether oxygens (including phenoxy) is 3. The van der Waals surface area contributed by atoms with Gasteiger partial charge in [-0.3, -0.25) is 14.4 Å². The summed E-state index contributed by atoms with van der Waals surface area (Å²) >= 11 is 6.13. The fraction of sp³-hybridized carbons (Fsp3) is 0.286. The summed E-state index contributed by atoms with van der Waals surface area (Å²) in [4.78, 5) is 33.0. The summed E-state index contributed by atoms with van der Waals surface area (Å²) in [6.07, 6.45) is -0.890. The molecule has 2 aromatic carbocycles. The molecule has 9 nitrogen and oxygen atoms in total. The SMILES string of the molecule is COc1ccc([C@H]2NC(=O)CO[C@@H]2C(=O)NCc2ccccc2Cl)cc1OC.O=CO. The summed E-state index contributed by atoms with van der Waals surface area (Å²) < 4.78 is 16.1. The van der Waals surface area contributed by atoms with Crippen LogP contribution < -0.4 is 20.1 Å². The lowest BCUT2D eigenvalue weighted by atomic mass is 9.98. The number of benzene rings is 2. The molecule has 3 rings (SSSR count). The van der Waals surface area contributed by atoms with Crippen LogP contribution in [0.5, 0.6) is 11.5 Å². The predicted octanol–water partition coefficient (Wildman–Crippen LogP) is 1.93. The highest BCUT2D eigenvalue weighted by atomic mass is 35.5. The average Bonchev–Trinajstić information content (AvgIpc) is 2.78. The van der Waals surface area contributed by atoms with Crippen molar-refractivity contribution in [3.8, 4) is 11.5 Å². The molecule has 0 spiro atoms. The van der Waals surface area contributed by atoms with E-state index in [1.165, 1.54) is 14.2 Å². The van der Waals surface area contributed by atoms with Crippen molar-refractivity contribution >= 4 is 29.9 Å². The number of carboxylic acid groups (broad SMARTS) is 1. The van der Waals surface area contributed by atoms with Crippen LogP contribution in [0.25, 0.3) is 0 Å². The lowest BCUT2D eigenvalue weighted by molar-refractivity contribution is -0.148. The first-order valence-electron chi connectivity index (χ1n) is 9.17. The van der Waals surface area contributed by atoms with E-state index in [1.807, 2.05) is 18.2 Å². The van der Waals surface area contributed by atoms with Crippen molar-refractivity contribution in [1.82, 2.24) is 10.6 Å². The first-order chi connectivity index (χ1) is 14.9. The second-order valence-corrected chi connectivity index (χ2v) is 6.71. The number of halogens is 1. The molecule has 0 radical (unpaired) electrons.